The van der Waals surface area contributed by atoms with E-state index in [1.165, 1.54) is 0 Å². The van der Waals surface area contributed by atoms with Crippen LogP contribution in [0, 0.1) is 23.0 Å². The summed E-state index contributed by atoms with van der Waals surface area (Å²) in [4.78, 5) is 7.40. The van der Waals surface area contributed by atoms with Crippen LogP contribution >= 0.6 is 23.8 Å². The molecule has 0 bridgehead atoms. The molecule has 0 radical (unpaired) electrons. The molecule has 98 valence electrons. The molecule has 0 atom stereocenters. The molecule has 0 aliphatic heterocycles. The number of H-pyrrole nitrogens is 1. The third kappa shape index (κ3) is 1.99. The average molecular weight is 301 g/mol. The van der Waals surface area contributed by atoms with Crippen LogP contribution in [0.2, 0.25) is 5.02 Å². The topological polar surface area (TPSA) is 57.4 Å². The van der Waals surface area contributed by atoms with Gasteiger partial charge in [0.25, 0.3) is 0 Å². The second-order valence-corrected chi connectivity index (χ2v) is 5.23. The average Bonchev–Trinajstić information content (AvgIpc) is 2.74. The smallest absolute Gasteiger partial charge is 0.184 e. The molecule has 0 saturated carbocycles. The number of benzene rings is 1. The fourth-order valence-corrected chi connectivity index (χ4v) is 2.57. The van der Waals surface area contributed by atoms with Gasteiger partial charge in [0, 0.05) is 6.20 Å². The number of nitrogens with one attached hydrogen (secondary N) is 1. The molecule has 0 aliphatic rings. The van der Waals surface area contributed by atoms with Gasteiger partial charge >= 0.3 is 0 Å². The van der Waals surface area contributed by atoms with E-state index < -0.39 is 0 Å². The predicted molar refractivity (Wildman–Crippen MR) is 80.7 cm³/mol. The molecule has 0 saturated heterocycles. The third-order valence-corrected chi connectivity index (χ3v) is 3.56. The first-order valence-electron chi connectivity index (χ1n) is 5.87. The van der Waals surface area contributed by atoms with Gasteiger partial charge in [0.15, 0.2) is 10.4 Å². The predicted octanol–water partition coefficient (Wildman–Crippen LogP) is 3.92. The number of pyridine rings is 1. The van der Waals surface area contributed by atoms with Gasteiger partial charge in [0.1, 0.15) is 0 Å². The van der Waals surface area contributed by atoms with Crippen molar-refractivity contribution in [3.8, 4) is 11.8 Å². The Morgan fingerprint density at radius 3 is 2.95 bits per heavy atom. The second kappa shape index (κ2) is 4.75. The summed E-state index contributed by atoms with van der Waals surface area (Å²) in [5.41, 5.74) is 3.89. The van der Waals surface area contributed by atoms with Crippen molar-refractivity contribution in [3.63, 3.8) is 0 Å². The number of aromatic nitrogens is 3. The maximum absolute atomic E-state index is 9.04. The number of hydrogen-bond donors (Lipinski definition) is 1. The van der Waals surface area contributed by atoms with Crippen LogP contribution in [-0.4, -0.2) is 14.5 Å². The fraction of sp³-hybridized carbons (Fsp3) is 0.0714. The van der Waals surface area contributed by atoms with Gasteiger partial charge in [-0.3, -0.25) is 4.57 Å². The standard InChI is InChI=1S/C14H9ClN4S/c1-8-2-3-9(6-16)4-12(8)19-13-11(18-14(19)20)5-10(15)7-17-13/h2-5,7H,1H3,(H,18,20). The van der Waals surface area contributed by atoms with Crippen LogP contribution in [0.5, 0.6) is 0 Å². The number of hydrogen-bond acceptors (Lipinski definition) is 3. The van der Waals surface area contributed by atoms with Gasteiger partial charge in [-0.25, -0.2) is 4.98 Å². The minimum absolute atomic E-state index is 0.521. The van der Waals surface area contributed by atoms with Crippen LogP contribution in [0.1, 0.15) is 11.1 Å². The van der Waals surface area contributed by atoms with E-state index >= 15 is 0 Å². The van der Waals surface area contributed by atoms with Crippen molar-refractivity contribution in [3.05, 3.63) is 51.4 Å². The minimum atomic E-state index is 0.521. The summed E-state index contributed by atoms with van der Waals surface area (Å²) in [6.07, 6.45) is 1.58. The van der Waals surface area contributed by atoms with Crippen molar-refractivity contribution in [1.82, 2.24) is 14.5 Å². The van der Waals surface area contributed by atoms with E-state index in [1.54, 1.807) is 24.4 Å². The Hall–Kier alpha value is -2.16. The van der Waals surface area contributed by atoms with Crippen molar-refractivity contribution in [1.29, 1.82) is 5.26 Å². The molecule has 0 spiro atoms. The number of rotatable bonds is 1. The fourth-order valence-electron chi connectivity index (χ4n) is 2.11. The monoisotopic (exact) mass is 300 g/mol. The first kappa shape index (κ1) is 12.9. The van der Waals surface area contributed by atoms with Gasteiger partial charge in [-0.2, -0.15) is 5.26 Å². The van der Waals surface area contributed by atoms with Crippen LogP contribution in [0.4, 0.5) is 0 Å². The number of aryl methyl sites for hydroxylation is 1. The van der Waals surface area contributed by atoms with Crippen molar-refractivity contribution >= 4 is 35.0 Å². The first-order chi connectivity index (χ1) is 9.60. The zero-order chi connectivity index (χ0) is 14.3. The van der Waals surface area contributed by atoms with Gasteiger partial charge in [0.05, 0.1) is 27.9 Å². The Morgan fingerprint density at radius 1 is 1.40 bits per heavy atom. The van der Waals surface area contributed by atoms with Crippen LogP contribution in [0.3, 0.4) is 0 Å². The molecular formula is C14H9ClN4S. The van der Waals surface area contributed by atoms with Crippen LogP contribution in [0.25, 0.3) is 16.9 Å². The quantitative estimate of drug-likeness (QED) is 0.693. The summed E-state index contributed by atoms with van der Waals surface area (Å²) < 4.78 is 2.34. The molecule has 4 nitrogen and oxygen atoms in total. The number of aromatic amines is 1. The van der Waals surface area contributed by atoms with E-state index in [0.29, 0.717) is 21.0 Å². The Labute approximate surface area is 125 Å². The SMILES string of the molecule is Cc1ccc(C#N)cc1-n1c(=S)[nH]c2cc(Cl)cnc21. The highest BCUT2D eigenvalue weighted by molar-refractivity contribution is 7.71. The van der Waals surface area contributed by atoms with Crippen LogP contribution < -0.4 is 0 Å². The maximum Gasteiger partial charge on any atom is 0.184 e. The molecule has 2 aromatic heterocycles. The Morgan fingerprint density at radius 2 is 2.20 bits per heavy atom. The van der Waals surface area contributed by atoms with Gasteiger partial charge < -0.3 is 4.98 Å². The molecule has 1 N–H and O–H groups in total. The lowest BCUT2D eigenvalue weighted by Crippen LogP contribution is -1.99. The lowest BCUT2D eigenvalue weighted by Gasteiger charge is -2.08. The Kier molecular flexibility index (Phi) is 3.05. The highest BCUT2D eigenvalue weighted by atomic mass is 35.5. The lowest BCUT2D eigenvalue weighted by molar-refractivity contribution is 1.03. The van der Waals surface area contributed by atoms with Crippen LogP contribution in [0.15, 0.2) is 30.5 Å². The zero-order valence-electron chi connectivity index (χ0n) is 10.5. The molecule has 0 amide bonds. The van der Waals surface area contributed by atoms with Crippen molar-refractivity contribution in [2.45, 2.75) is 6.92 Å². The molecule has 3 aromatic rings. The molecule has 0 aliphatic carbocycles. The van der Waals surface area contributed by atoms with Crippen molar-refractivity contribution < 1.29 is 0 Å². The summed E-state index contributed by atoms with van der Waals surface area (Å²) in [5.74, 6) is 0. The third-order valence-electron chi connectivity index (χ3n) is 3.07. The van der Waals surface area contributed by atoms with E-state index in [1.807, 2.05) is 17.6 Å². The minimum Gasteiger partial charge on any atom is -0.329 e. The summed E-state index contributed by atoms with van der Waals surface area (Å²) in [6, 6.07) is 9.38. The summed E-state index contributed by atoms with van der Waals surface area (Å²) in [6.45, 7) is 1.97. The largest absolute Gasteiger partial charge is 0.329 e. The number of nitriles is 1. The van der Waals surface area contributed by atoms with E-state index in [0.717, 1.165) is 16.8 Å². The molecule has 6 heteroatoms. The highest BCUT2D eigenvalue weighted by Crippen LogP contribution is 2.23. The number of halogens is 1. The molecule has 3 rings (SSSR count). The molecule has 20 heavy (non-hydrogen) atoms. The van der Waals surface area contributed by atoms with E-state index in [2.05, 4.69) is 16.0 Å². The number of imidazole rings is 1. The second-order valence-electron chi connectivity index (χ2n) is 4.40. The normalized spacial score (nSPS) is 10.7. The van der Waals surface area contributed by atoms with Crippen molar-refractivity contribution in [2.75, 3.05) is 0 Å². The molecule has 0 unspecified atom stereocenters. The summed E-state index contributed by atoms with van der Waals surface area (Å²) >= 11 is 11.3. The zero-order valence-corrected chi connectivity index (χ0v) is 12.1. The van der Waals surface area contributed by atoms with Gasteiger partial charge in [-0.05, 0) is 42.9 Å². The Bertz CT molecular complexity index is 917. The van der Waals surface area contributed by atoms with Crippen LogP contribution in [-0.2, 0) is 0 Å². The molecule has 0 fully saturated rings. The summed E-state index contributed by atoms with van der Waals surface area (Å²) in [5, 5.41) is 9.59. The maximum atomic E-state index is 9.04. The van der Waals surface area contributed by atoms with Gasteiger partial charge in [0.2, 0.25) is 0 Å². The van der Waals surface area contributed by atoms with Gasteiger partial charge in [-0.15, -0.1) is 0 Å². The van der Waals surface area contributed by atoms with E-state index in [4.69, 9.17) is 29.1 Å². The number of nitrogens with zero attached hydrogens (tertiary/aromatic N) is 3. The molecular weight excluding hydrogens is 292 g/mol. The lowest BCUT2D eigenvalue weighted by atomic mass is 10.1. The van der Waals surface area contributed by atoms with E-state index in [9.17, 15) is 0 Å². The molecule has 1 aromatic carbocycles. The van der Waals surface area contributed by atoms with E-state index in [-0.39, 0.29) is 0 Å². The first-order valence-corrected chi connectivity index (χ1v) is 6.66. The summed E-state index contributed by atoms with van der Waals surface area (Å²) in [7, 11) is 0. The highest BCUT2D eigenvalue weighted by Gasteiger charge is 2.11. The number of fused-ring (bicyclic) bond motifs is 1. The van der Waals surface area contributed by atoms with Gasteiger partial charge in [-0.1, -0.05) is 17.7 Å². The van der Waals surface area contributed by atoms with Crippen molar-refractivity contribution in [2.24, 2.45) is 0 Å². The molecule has 2 heterocycles. The Balaban J connectivity index is 2.38.